The number of anilines is 1. The highest BCUT2D eigenvalue weighted by Crippen LogP contribution is 2.10. The van der Waals surface area contributed by atoms with Gasteiger partial charge in [0.05, 0.1) is 0 Å². The monoisotopic (exact) mass is 277 g/mol. The average Bonchev–Trinajstić information content (AvgIpc) is 2.93. The summed E-state index contributed by atoms with van der Waals surface area (Å²) in [6.45, 7) is 0.377. The van der Waals surface area contributed by atoms with Crippen LogP contribution in [0.5, 0.6) is 0 Å². The van der Waals surface area contributed by atoms with Crippen LogP contribution in [0.3, 0.4) is 0 Å². The van der Waals surface area contributed by atoms with Crippen LogP contribution < -0.4 is 16.5 Å². The number of benzene rings is 1. The van der Waals surface area contributed by atoms with Gasteiger partial charge < -0.3 is 26.3 Å². The van der Waals surface area contributed by atoms with Crippen LogP contribution in [0.25, 0.3) is 0 Å². The summed E-state index contributed by atoms with van der Waals surface area (Å²) in [4.78, 5) is 0. The van der Waals surface area contributed by atoms with Crippen molar-refractivity contribution >= 4 is 24.2 Å². The van der Waals surface area contributed by atoms with Crippen LogP contribution in [-0.4, -0.2) is 38.5 Å². The van der Waals surface area contributed by atoms with E-state index in [0.717, 1.165) is 5.56 Å². The molecule has 1 aromatic carbocycles. The maximum absolute atomic E-state index is 8.98. The molecule has 0 saturated carbocycles. The molecule has 9 nitrogen and oxygen atoms in total. The molecule has 0 unspecified atom stereocenters. The van der Waals surface area contributed by atoms with Gasteiger partial charge in [-0.05, 0) is 21.3 Å². The second-order valence-corrected chi connectivity index (χ2v) is 3.92. The molecule has 2 rings (SSSR count). The summed E-state index contributed by atoms with van der Waals surface area (Å²) in [7, 11) is -1.50. The SMILES string of the molecule is N/C(=N\O)c1nonc1NCc1ccc(B(O)O)cc1. The number of amidine groups is 1. The van der Waals surface area contributed by atoms with E-state index in [1.807, 2.05) is 0 Å². The van der Waals surface area contributed by atoms with E-state index in [-0.39, 0.29) is 17.3 Å². The Labute approximate surface area is 113 Å². The predicted octanol–water partition coefficient (Wildman–Crippen LogP) is -1.54. The van der Waals surface area contributed by atoms with E-state index in [1.54, 1.807) is 24.3 Å². The maximum atomic E-state index is 8.98. The highest BCUT2D eigenvalue weighted by molar-refractivity contribution is 6.58. The van der Waals surface area contributed by atoms with E-state index < -0.39 is 7.12 Å². The third-order valence-corrected chi connectivity index (χ3v) is 2.58. The van der Waals surface area contributed by atoms with Crippen molar-refractivity contribution in [3.8, 4) is 0 Å². The molecule has 0 saturated heterocycles. The van der Waals surface area contributed by atoms with Gasteiger partial charge in [-0.3, -0.25) is 0 Å². The molecular weight excluding hydrogens is 265 g/mol. The zero-order valence-electron chi connectivity index (χ0n) is 10.3. The molecule has 0 aliphatic carbocycles. The number of nitrogens with zero attached hydrogens (tertiary/aromatic N) is 3. The van der Waals surface area contributed by atoms with E-state index in [9.17, 15) is 0 Å². The summed E-state index contributed by atoms with van der Waals surface area (Å²) < 4.78 is 4.51. The van der Waals surface area contributed by atoms with Crippen molar-refractivity contribution in [3.05, 3.63) is 35.5 Å². The standard InChI is InChI=1S/C10H12BN5O4/c12-9(14-19)8-10(16-20-15-8)13-5-6-1-3-7(4-2-6)11(17)18/h1-4,17-19H,5H2,(H2,12,14)(H,13,16). The van der Waals surface area contributed by atoms with Crippen LogP contribution in [-0.2, 0) is 6.54 Å². The summed E-state index contributed by atoms with van der Waals surface area (Å²) >= 11 is 0. The van der Waals surface area contributed by atoms with Gasteiger partial charge in [-0.25, -0.2) is 4.63 Å². The summed E-state index contributed by atoms with van der Waals surface area (Å²) in [5.41, 5.74) is 6.77. The lowest BCUT2D eigenvalue weighted by atomic mass is 9.80. The third-order valence-electron chi connectivity index (χ3n) is 2.58. The van der Waals surface area contributed by atoms with E-state index in [2.05, 4.69) is 25.4 Å². The molecule has 1 heterocycles. The Morgan fingerprint density at radius 2 is 2.00 bits per heavy atom. The zero-order valence-corrected chi connectivity index (χ0v) is 10.3. The number of aromatic nitrogens is 2. The lowest BCUT2D eigenvalue weighted by molar-refractivity contribution is 0.304. The minimum atomic E-state index is -1.50. The van der Waals surface area contributed by atoms with Gasteiger partial charge >= 0.3 is 7.12 Å². The summed E-state index contributed by atoms with van der Waals surface area (Å²) in [5.74, 6) is 0.0269. The molecule has 0 amide bonds. The van der Waals surface area contributed by atoms with Gasteiger partial charge in [-0.2, -0.15) is 0 Å². The molecule has 20 heavy (non-hydrogen) atoms. The first-order valence-corrected chi connectivity index (χ1v) is 5.61. The molecule has 0 spiro atoms. The number of rotatable bonds is 5. The molecule has 10 heteroatoms. The minimum Gasteiger partial charge on any atom is -0.423 e. The van der Waals surface area contributed by atoms with E-state index in [1.165, 1.54) is 0 Å². The molecule has 1 aromatic heterocycles. The smallest absolute Gasteiger partial charge is 0.423 e. The molecule has 6 N–H and O–H groups in total. The Morgan fingerprint density at radius 3 is 2.60 bits per heavy atom. The van der Waals surface area contributed by atoms with Crippen molar-refractivity contribution < 1.29 is 19.9 Å². The summed E-state index contributed by atoms with van der Waals surface area (Å²) in [6, 6.07) is 6.62. The fourth-order valence-corrected chi connectivity index (χ4v) is 1.51. The van der Waals surface area contributed by atoms with E-state index in [0.29, 0.717) is 12.0 Å². The second-order valence-electron chi connectivity index (χ2n) is 3.92. The van der Waals surface area contributed by atoms with Crippen LogP contribution >= 0.6 is 0 Å². The van der Waals surface area contributed by atoms with Crippen LogP contribution in [0.4, 0.5) is 5.82 Å². The number of oxime groups is 1. The Hall–Kier alpha value is -2.59. The number of hydrogen-bond donors (Lipinski definition) is 5. The van der Waals surface area contributed by atoms with Gasteiger partial charge in [0.1, 0.15) is 0 Å². The number of nitrogens with one attached hydrogen (secondary N) is 1. The van der Waals surface area contributed by atoms with Crippen molar-refractivity contribution in [1.29, 1.82) is 0 Å². The zero-order chi connectivity index (χ0) is 14.5. The quantitative estimate of drug-likeness (QED) is 0.145. The molecule has 0 atom stereocenters. The van der Waals surface area contributed by atoms with Gasteiger partial charge in [-0.1, -0.05) is 29.4 Å². The van der Waals surface area contributed by atoms with Crippen molar-refractivity contribution in [2.24, 2.45) is 10.9 Å². The highest BCUT2D eigenvalue weighted by atomic mass is 16.6. The predicted molar refractivity (Wildman–Crippen MR) is 70.4 cm³/mol. The third kappa shape index (κ3) is 3.05. The van der Waals surface area contributed by atoms with Gasteiger partial charge in [-0.15, -0.1) is 0 Å². The fourth-order valence-electron chi connectivity index (χ4n) is 1.51. The Morgan fingerprint density at radius 1 is 1.30 bits per heavy atom. The largest absolute Gasteiger partial charge is 0.488 e. The summed E-state index contributed by atoms with van der Waals surface area (Å²) in [5, 5.41) is 39.4. The molecule has 0 aliphatic rings. The van der Waals surface area contributed by atoms with E-state index >= 15 is 0 Å². The van der Waals surface area contributed by atoms with Crippen LogP contribution in [0.1, 0.15) is 11.3 Å². The first-order chi connectivity index (χ1) is 9.61. The Kier molecular flexibility index (Phi) is 4.18. The van der Waals surface area contributed by atoms with Crippen molar-refractivity contribution in [3.63, 3.8) is 0 Å². The van der Waals surface area contributed by atoms with Crippen molar-refractivity contribution in [2.45, 2.75) is 6.54 Å². The van der Waals surface area contributed by atoms with Crippen LogP contribution in [0, 0.1) is 0 Å². The average molecular weight is 277 g/mol. The first kappa shape index (κ1) is 13.8. The number of hydrogen-bond acceptors (Lipinski definition) is 8. The lowest BCUT2D eigenvalue weighted by Gasteiger charge is -2.05. The minimum absolute atomic E-state index is 0.106. The molecule has 2 aromatic rings. The van der Waals surface area contributed by atoms with Gasteiger partial charge in [0.15, 0.2) is 11.5 Å². The lowest BCUT2D eigenvalue weighted by Crippen LogP contribution is -2.29. The van der Waals surface area contributed by atoms with Gasteiger partial charge in [0.2, 0.25) is 5.82 Å². The molecule has 0 aliphatic heterocycles. The molecule has 104 valence electrons. The van der Waals surface area contributed by atoms with Crippen molar-refractivity contribution in [2.75, 3.05) is 5.32 Å². The Balaban J connectivity index is 2.04. The molecule has 0 radical (unpaired) electrons. The van der Waals surface area contributed by atoms with Crippen molar-refractivity contribution in [1.82, 2.24) is 10.3 Å². The van der Waals surface area contributed by atoms with Crippen LogP contribution in [0.15, 0.2) is 34.1 Å². The normalized spacial score (nSPS) is 11.4. The van der Waals surface area contributed by atoms with Crippen LogP contribution in [0.2, 0.25) is 0 Å². The molecular formula is C10H12BN5O4. The second kappa shape index (κ2) is 6.04. The number of nitrogens with two attached hydrogens (primary N) is 1. The Bertz CT molecular complexity index is 598. The highest BCUT2D eigenvalue weighted by Gasteiger charge is 2.14. The topological polar surface area (TPSA) is 150 Å². The first-order valence-electron chi connectivity index (χ1n) is 5.61. The molecule has 0 bridgehead atoms. The molecule has 0 fully saturated rings. The fraction of sp³-hybridized carbons (Fsp3) is 0.100. The van der Waals surface area contributed by atoms with E-state index in [4.69, 9.17) is 21.0 Å². The van der Waals surface area contributed by atoms with Gasteiger partial charge in [0.25, 0.3) is 0 Å². The maximum Gasteiger partial charge on any atom is 0.488 e. The summed E-state index contributed by atoms with van der Waals surface area (Å²) in [6.07, 6.45) is 0. The van der Waals surface area contributed by atoms with Gasteiger partial charge in [0, 0.05) is 6.54 Å².